The fourth-order valence-corrected chi connectivity index (χ4v) is 4.50. The van der Waals surface area contributed by atoms with E-state index in [0.717, 1.165) is 39.0 Å². The van der Waals surface area contributed by atoms with Gasteiger partial charge >= 0.3 is 0 Å². The van der Waals surface area contributed by atoms with E-state index >= 15 is 0 Å². The number of aromatic nitrogens is 3. The van der Waals surface area contributed by atoms with Crippen molar-refractivity contribution >= 4 is 16.8 Å². The number of nitrogens with zero attached hydrogens (tertiary/aromatic N) is 4. The number of pyridine rings is 1. The van der Waals surface area contributed by atoms with Gasteiger partial charge in [-0.3, -0.25) is 14.5 Å². The van der Waals surface area contributed by atoms with Crippen LogP contribution in [0.3, 0.4) is 0 Å². The Labute approximate surface area is 198 Å². The molecule has 7 nitrogen and oxygen atoms in total. The molecule has 174 valence electrons. The number of rotatable bonds is 5. The molecule has 0 radical (unpaired) electrons. The number of hydrogen-bond acceptors (Lipinski definition) is 5. The molecule has 2 aromatic heterocycles. The standard InChI is InChI=1S/C27H28N4O3/c1-18-12-19(2)31(29-18)9-8-26(32)30-10-11-34-27-23(17-30)14-21(15-25(27)33-3)22-13-20-6-4-5-7-24(20)28-16-22/h4-7,12-16H,8-11,17H2,1-3H3. The Balaban J connectivity index is 1.42. The number of para-hydroxylation sites is 1. The van der Waals surface area contributed by atoms with Gasteiger partial charge in [-0.25, -0.2) is 0 Å². The number of amides is 1. The molecule has 2 aromatic carbocycles. The third kappa shape index (κ3) is 4.33. The Hall–Kier alpha value is -3.87. The Morgan fingerprint density at radius 1 is 1.12 bits per heavy atom. The van der Waals surface area contributed by atoms with Crippen molar-refractivity contribution in [2.24, 2.45) is 0 Å². The molecule has 0 atom stereocenters. The Bertz CT molecular complexity index is 1360. The maximum atomic E-state index is 13.1. The molecule has 0 saturated heterocycles. The van der Waals surface area contributed by atoms with Crippen LogP contribution in [0.5, 0.6) is 11.5 Å². The predicted octanol–water partition coefficient (Wildman–Crippen LogP) is 4.54. The molecule has 3 heterocycles. The maximum absolute atomic E-state index is 13.1. The lowest BCUT2D eigenvalue weighted by atomic mass is 10.0. The van der Waals surface area contributed by atoms with E-state index in [1.165, 1.54) is 0 Å². The van der Waals surface area contributed by atoms with Gasteiger partial charge in [-0.1, -0.05) is 18.2 Å². The van der Waals surface area contributed by atoms with Crippen molar-refractivity contribution in [1.82, 2.24) is 19.7 Å². The average Bonchev–Trinajstić information content (AvgIpc) is 3.04. The lowest BCUT2D eigenvalue weighted by Gasteiger charge is -2.20. The highest BCUT2D eigenvalue weighted by Gasteiger charge is 2.23. The van der Waals surface area contributed by atoms with Crippen LogP contribution in [0.25, 0.3) is 22.0 Å². The van der Waals surface area contributed by atoms with E-state index in [-0.39, 0.29) is 5.91 Å². The van der Waals surface area contributed by atoms with Crippen molar-refractivity contribution in [3.05, 3.63) is 71.7 Å². The highest BCUT2D eigenvalue weighted by molar-refractivity contribution is 5.84. The molecule has 0 N–H and O–H groups in total. The number of carbonyl (C=O) groups is 1. The number of methoxy groups -OCH3 is 1. The van der Waals surface area contributed by atoms with Gasteiger partial charge in [0.1, 0.15) is 6.61 Å². The molecule has 1 amide bonds. The normalized spacial score (nSPS) is 13.3. The summed E-state index contributed by atoms with van der Waals surface area (Å²) in [4.78, 5) is 19.6. The summed E-state index contributed by atoms with van der Waals surface area (Å²) in [6.07, 6.45) is 2.26. The molecular weight excluding hydrogens is 428 g/mol. The summed E-state index contributed by atoms with van der Waals surface area (Å²) in [6.45, 7) is 5.96. The first kappa shape index (κ1) is 21.9. The van der Waals surface area contributed by atoms with Gasteiger partial charge in [0.2, 0.25) is 5.91 Å². The summed E-state index contributed by atoms with van der Waals surface area (Å²) < 4.78 is 13.6. The third-order valence-electron chi connectivity index (χ3n) is 6.24. The van der Waals surface area contributed by atoms with Gasteiger partial charge in [0, 0.05) is 47.9 Å². The first-order valence-corrected chi connectivity index (χ1v) is 11.5. The van der Waals surface area contributed by atoms with Gasteiger partial charge < -0.3 is 14.4 Å². The number of fused-ring (bicyclic) bond motifs is 2. The van der Waals surface area contributed by atoms with Crippen molar-refractivity contribution in [1.29, 1.82) is 0 Å². The Morgan fingerprint density at radius 2 is 1.97 bits per heavy atom. The van der Waals surface area contributed by atoms with Crippen molar-refractivity contribution in [2.75, 3.05) is 20.3 Å². The zero-order chi connectivity index (χ0) is 23.7. The van der Waals surface area contributed by atoms with Crippen LogP contribution in [0.4, 0.5) is 0 Å². The quantitative estimate of drug-likeness (QED) is 0.441. The van der Waals surface area contributed by atoms with Crippen LogP contribution < -0.4 is 9.47 Å². The smallest absolute Gasteiger partial charge is 0.224 e. The average molecular weight is 457 g/mol. The molecule has 0 fully saturated rings. The summed E-state index contributed by atoms with van der Waals surface area (Å²) in [6, 6.07) is 16.3. The van der Waals surface area contributed by atoms with Crippen molar-refractivity contribution in [2.45, 2.75) is 33.4 Å². The molecule has 0 spiro atoms. The monoisotopic (exact) mass is 456 g/mol. The van der Waals surface area contributed by atoms with Crippen molar-refractivity contribution in [3.8, 4) is 22.6 Å². The van der Waals surface area contributed by atoms with Gasteiger partial charge in [0.25, 0.3) is 0 Å². The Morgan fingerprint density at radius 3 is 2.76 bits per heavy atom. The highest BCUT2D eigenvalue weighted by atomic mass is 16.5. The van der Waals surface area contributed by atoms with E-state index in [9.17, 15) is 4.79 Å². The minimum Gasteiger partial charge on any atom is -0.493 e. The highest BCUT2D eigenvalue weighted by Crippen LogP contribution is 2.38. The van der Waals surface area contributed by atoms with Crippen LogP contribution in [0.15, 0.2) is 54.7 Å². The lowest BCUT2D eigenvalue weighted by Crippen LogP contribution is -2.33. The molecule has 0 saturated carbocycles. The van der Waals surface area contributed by atoms with Crippen LogP contribution in [0.2, 0.25) is 0 Å². The zero-order valence-electron chi connectivity index (χ0n) is 19.7. The summed E-state index contributed by atoms with van der Waals surface area (Å²) in [5, 5.41) is 5.55. The summed E-state index contributed by atoms with van der Waals surface area (Å²) in [5.74, 6) is 1.45. The fourth-order valence-electron chi connectivity index (χ4n) is 4.50. The molecule has 4 aromatic rings. The molecule has 5 rings (SSSR count). The van der Waals surface area contributed by atoms with Crippen molar-refractivity contribution < 1.29 is 14.3 Å². The van der Waals surface area contributed by atoms with Gasteiger partial charge in [-0.05, 0) is 49.7 Å². The molecule has 1 aliphatic heterocycles. The fraction of sp³-hybridized carbons (Fsp3) is 0.296. The first-order valence-electron chi connectivity index (χ1n) is 11.5. The molecule has 7 heteroatoms. The van der Waals surface area contributed by atoms with E-state index < -0.39 is 0 Å². The number of carbonyl (C=O) groups excluding carboxylic acids is 1. The first-order chi connectivity index (χ1) is 16.5. The van der Waals surface area contributed by atoms with Gasteiger partial charge in [0.15, 0.2) is 11.5 Å². The number of ether oxygens (including phenoxy) is 2. The second-order valence-corrected chi connectivity index (χ2v) is 8.65. The van der Waals surface area contributed by atoms with Crippen molar-refractivity contribution in [3.63, 3.8) is 0 Å². The third-order valence-corrected chi connectivity index (χ3v) is 6.24. The SMILES string of the molecule is COc1cc(-c2cnc3ccccc3c2)cc2c1OCCN(C(=O)CCn1nc(C)cc1C)C2. The summed E-state index contributed by atoms with van der Waals surface area (Å²) in [7, 11) is 1.64. The molecule has 1 aliphatic rings. The molecule has 0 unspecified atom stereocenters. The summed E-state index contributed by atoms with van der Waals surface area (Å²) in [5.41, 5.74) is 5.88. The van der Waals surface area contributed by atoms with Gasteiger partial charge in [-0.2, -0.15) is 5.10 Å². The number of aryl methyl sites for hydroxylation is 3. The molecule has 0 bridgehead atoms. The lowest BCUT2D eigenvalue weighted by molar-refractivity contribution is -0.132. The van der Waals surface area contributed by atoms with E-state index in [2.05, 4.69) is 28.3 Å². The van der Waals surface area contributed by atoms with E-state index in [1.807, 2.05) is 60.0 Å². The number of benzene rings is 2. The van der Waals surface area contributed by atoms with E-state index in [4.69, 9.17) is 9.47 Å². The van der Waals surface area contributed by atoms with Gasteiger partial charge in [0.05, 0.1) is 24.9 Å². The second kappa shape index (κ2) is 9.17. The molecule has 0 aliphatic carbocycles. The Kier molecular flexibility index (Phi) is 5.92. The number of hydrogen-bond donors (Lipinski definition) is 0. The van der Waals surface area contributed by atoms with Crippen LogP contribution in [0.1, 0.15) is 23.4 Å². The minimum atomic E-state index is 0.0840. The minimum absolute atomic E-state index is 0.0840. The largest absolute Gasteiger partial charge is 0.493 e. The van der Waals surface area contributed by atoms with Gasteiger partial charge in [-0.15, -0.1) is 0 Å². The maximum Gasteiger partial charge on any atom is 0.224 e. The topological polar surface area (TPSA) is 69.5 Å². The van der Waals surface area contributed by atoms with E-state index in [0.29, 0.717) is 44.2 Å². The van der Waals surface area contributed by atoms with E-state index in [1.54, 1.807) is 7.11 Å². The molecule has 34 heavy (non-hydrogen) atoms. The van der Waals surface area contributed by atoms with Crippen LogP contribution in [-0.2, 0) is 17.9 Å². The van der Waals surface area contributed by atoms with Crippen LogP contribution >= 0.6 is 0 Å². The predicted molar refractivity (Wildman–Crippen MR) is 131 cm³/mol. The second-order valence-electron chi connectivity index (χ2n) is 8.65. The summed E-state index contributed by atoms with van der Waals surface area (Å²) >= 11 is 0. The van der Waals surface area contributed by atoms with Crippen LogP contribution in [0, 0.1) is 13.8 Å². The zero-order valence-corrected chi connectivity index (χ0v) is 19.7. The van der Waals surface area contributed by atoms with Crippen LogP contribution in [-0.4, -0.2) is 45.8 Å². The molecular formula is C27H28N4O3.